The van der Waals surface area contributed by atoms with Crippen molar-refractivity contribution in [3.8, 4) is 0 Å². The molecule has 1 fully saturated rings. The fourth-order valence-corrected chi connectivity index (χ4v) is 3.78. The molecule has 2 atom stereocenters. The van der Waals surface area contributed by atoms with E-state index in [-0.39, 0.29) is 0 Å². The Kier molecular flexibility index (Phi) is 4.04. The smallest absolute Gasteiger partial charge is 0.0339 e. The molecular formula is C14H28. The van der Waals surface area contributed by atoms with Crippen LogP contribution in [0.25, 0.3) is 0 Å². The van der Waals surface area contributed by atoms with Gasteiger partial charge in [-0.1, -0.05) is 41.5 Å². The third-order valence-electron chi connectivity index (χ3n) is 4.38. The molecule has 0 amide bonds. The Labute approximate surface area is 90.5 Å². The van der Waals surface area contributed by atoms with E-state index in [1.165, 1.54) is 12.8 Å². The average molecular weight is 196 g/mol. The van der Waals surface area contributed by atoms with E-state index in [1.54, 1.807) is 0 Å². The first kappa shape index (κ1) is 12.1. The fraction of sp³-hybridized carbons (Fsp3) is 1.00. The van der Waals surface area contributed by atoms with Crippen LogP contribution < -0.4 is 0 Å². The maximum atomic E-state index is 2.47. The molecule has 1 aliphatic carbocycles. The summed E-state index contributed by atoms with van der Waals surface area (Å²) in [6, 6.07) is 0. The first-order valence-electron chi connectivity index (χ1n) is 6.43. The zero-order valence-corrected chi connectivity index (χ0v) is 10.9. The monoisotopic (exact) mass is 196 g/mol. The van der Waals surface area contributed by atoms with Gasteiger partial charge in [0.05, 0.1) is 0 Å². The van der Waals surface area contributed by atoms with Crippen LogP contribution in [-0.4, -0.2) is 0 Å². The Balaban J connectivity index is 2.63. The lowest BCUT2D eigenvalue weighted by Gasteiger charge is -2.43. The lowest BCUT2D eigenvalue weighted by molar-refractivity contribution is 0.0701. The van der Waals surface area contributed by atoms with Gasteiger partial charge in [-0.3, -0.25) is 0 Å². The largest absolute Gasteiger partial charge is 0.0625 e. The van der Waals surface area contributed by atoms with E-state index in [4.69, 9.17) is 0 Å². The highest BCUT2D eigenvalue weighted by molar-refractivity contribution is 4.84. The molecule has 1 rings (SSSR count). The maximum absolute atomic E-state index is 2.47. The molecule has 0 saturated heterocycles. The van der Waals surface area contributed by atoms with Crippen LogP contribution in [-0.2, 0) is 0 Å². The molecule has 1 saturated carbocycles. The van der Waals surface area contributed by atoms with E-state index in [2.05, 4.69) is 41.5 Å². The van der Waals surface area contributed by atoms with Gasteiger partial charge in [0, 0.05) is 0 Å². The number of hydrogen-bond acceptors (Lipinski definition) is 0. The van der Waals surface area contributed by atoms with Crippen molar-refractivity contribution < 1.29 is 0 Å². The van der Waals surface area contributed by atoms with Crippen molar-refractivity contribution in [3.05, 3.63) is 0 Å². The molecule has 14 heavy (non-hydrogen) atoms. The molecule has 0 heterocycles. The molecule has 0 bridgehead atoms. The SMILES string of the molecule is CC(C)C1CC(C)C(C(C)C)C(C)C1. The molecule has 1 aliphatic rings. The molecule has 0 aromatic carbocycles. The second-order valence-corrected chi connectivity index (χ2v) is 6.25. The van der Waals surface area contributed by atoms with E-state index in [1.807, 2.05) is 0 Å². The molecule has 84 valence electrons. The second kappa shape index (κ2) is 4.68. The van der Waals surface area contributed by atoms with Gasteiger partial charge in [-0.25, -0.2) is 0 Å². The minimum absolute atomic E-state index is 0.869. The van der Waals surface area contributed by atoms with Crippen LogP contribution in [0.15, 0.2) is 0 Å². The summed E-state index contributed by atoms with van der Waals surface area (Å²) in [5.41, 5.74) is 0. The maximum Gasteiger partial charge on any atom is -0.0339 e. The van der Waals surface area contributed by atoms with Gasteiger partial charge in [-0.05, 0) is 48.3 Å². The van der Waals surface area contributed by atoms with Crippen molar-refractivity contribution >= 4 is 0 Å². The van der Waals surface area contributed by atoms with E-state index in [0.29, 0.717) is 0 Å². The Morgan fingerprint density at radius 2 is 1.21 bits per heavy atom. The summed E-state index contributed by atoms with van der Waals surface area (Å²) in [5, 5.41) is 0. The Morgan fingerprint density at radius 1 is 0.786 bits per heavy atom. The van der Waals surface area contributed by atoms with Gasteiger partial charge in [0.2, 0.25) is 0 Å². The van der Waals surface area contributed by atoms with Gasteiger partial charge >= 0.3 is 0 Å². The van der Waals surface area contributed by atoms with Crippen LogP contribution in [0.3, 0.4) is 0 Å². The van der Waals surface area contributed by atoms with Crippen molar-refractivity contribution in [2.75, 3.05) is 0 Å². The van der Waals surface area contributed by atoms with Gasteiger partial charge in [-0.15, -0.1) is 0 Å². The first-order valence-corrected chi connectivity index (χ1v) is 6.43. The number of hydrogen-bond donors (Lipinski definition) is 0. The topological polar surface area (TPSA) is 0 Å². The molecule has 0 N–H and O–H groups in total. The third kappa shape index (κ3) is 2.52. The summed E-state index contributed by atoms with van der Waals surface area (Å²) in [5.74, 6) is 5.57. The predicted octanol–water partition coefficient (Wildman–Crippen LogP) is 4.60. The highest BCUT2D eigenvalue weighted by Gasteiger charge is 2.35. The first-order chi connectivity index (χ1) is 6.43. The highest BCUT2D eigenvalue weighted by atomic mass is 14.4. The molecule has 0 radical (unpaired) electrons. The Bertz CT molecular complexity index is 157. The van der Waals surface area contributed by atoms with Crippen LogP contribution in [0.1, 0.15) is 54.4 Å². The van der Waals surface area contributed by atoms with Gasteiger partial charge in [0.25, 0.3) is 0 Å². The van der Waals surface area contributed by atoms with Crippen LogP contribution in [0.5, 0.6) is 0 Å². The molecule has 0 aromatic heterocycles. The summed E-state index contributed by atoms with van der Waals surface area (Å²) in [6.07, 6.45) is 2.93. The normalized spacial score (nSPS) is 39.4. The van der Waals surface area contributed by atoms with E-state index < -0.39 is 0 Å². The molecule has 0 aromatic rings. The van der Waals surface area contributed by atoms with Crippen molar-refractivity contribution in [1.82, 2.24) is 0 Å². The van der Waals surface area contributed by atoms with E-state index >= 15 is 0 Å². The summed E-state index contributed by atoms with van der Waals surface area (Å²) < 4.78 is 0. The van der Waals surface area contributed by atoms with E-state index in [0.717, 1.165) is 35.5 Å². The molecule has 0 nitrogen and oxygen atoms in total. The molecule has 0 spiro atoms. The Hall–Kier alpha value is 0. The highest BCUT2D eigenvalue weighted by Crippen LogP contribution is 2.43. The fourth-order valence-electron chi connectivity index (χ4n) is 3.78. The molecule has 0 heteroatoms. The van der Waals surface area contributed by atoms with Crippen molar-refractivity contribution in [2.24, 2.45) is 35.5 Å². The van der Waals surface area contributed by atoms with Crippen molar-refractivity contribution in [1.29, 1.82) is 0 Å². The van der Waals surface area contributed by atoms with E-state index in [9.17, 15) is 0 Å². The third-order valence-corrected chi connectivity index (χ3v) is 4.38. The van der Waals surface area contributed by atoms with Crippen molar-refractivity contribution in [3.63, 3.8) is 0 Å². The average Bonchev–Trinajstić information content (AvgIpc) is 2.01. The minimum Gasteiger partial charge on any atom is -0.0625 e. The zero-order chi connectivity index (χ0) is 10.9. The Morgan fingerprint density at radius 3 is 1.50 bits per heavy atom. The van der Waals surface area contributed by atoms with Crippen LogP contribution in [0.2, 0.25) is 0 Å². The lowest BCUT2D eigenvalue weighted by atomic mass is 9.63. The van der Waals surface area contributed by atoms with Gasteiger partial charge in [0.1, 0.15) is 0 Å². The number of rotatable bonds is 2. The van der Waals surface area contributed by atoms with Crippen LogP contribution >= 0.6 is 0 Å². The quantitative estimate of drug-likeness (QED) is 0.605. The predicted molar refractivity (Wildman–Crippen MR) is 64.2 cm³/mol. The molecular weight excluding hydrogens is 168 g/mol. The van der Waals surface area contributed by atoms with Crippen LogP contribution in [0, 0.1) is 35.5 Å². The summed E-state index contributed by atoms with van der Waals surface area (Å²) in [7, 11) is 0. The lowest BCUT2D eigenvalue weighted by Crippen LogP contribution is -2.34. The summed E-state index contributed by atoms with van der Waals surface area (Å²) in [4.78, 5) is 0. The summed E-state index contributed by atoms with van der Waals surface area (Å²) >= 11 is 0. The molecule has 0 aliphatic heterocycles. The zero-order valence-electron chi connectivity index (χ0n) is 10.9. The van der Waals surface area contributed by atoms with Crippen molar-refractivity contribution in [2.45, 2.75) is 54.4 Å². The standard InChI is InChI=1S/C14H28/c1-9(2)13-7-11(5)14(10(3)4)12(6)8-13/h9-14H,7-8H2,1-6H3. The summed E-state index contributed by atoms with van der Waals surface area (Å²) in [6.45, 7) is 14.5. The van der Waals surface area contributed by atoms with Gasteiger partial charge in [-0.2, -0.15) is 0 Å². The van der Waals surface area contributed by atoms with Crippen LogP contribution in [0.4, 0.5) is 0 Å². The second-order valence-electron chi connectivity index (χ2n) is 6.25. The van der Waals surface area contributed by atoms with Gasteiger partial charge in [0.15, 0.2) is 0 Å². The van der Waals surface area contributed by atoms with Gasteiger partial charge < -0.3 is 0 Å². The minimum atomic E-state index is 0.869. The molecule has 2 unspecified atom stereocenters.